The van der Waals surface area contributed by atoms with Crippen molar-refractivity contribution in [1.82, 2.24) is 20.0 Å². The molecule has 1 N–H and O–H groups in total. The Morgan fingerprint density at radius 1 is 1.10 bits per heavy atom. The quantitative estimate of drug-likeness (QED) is 0.335. The number of hydrogen-bond donors (Lipinski definition) is 1. The Morgan fingerprint density at radius 3 is 2.60 bits per heavy atom. The predicted octanol–water partition coefficient (Wildman–Crippen LogP) is 2.88. The van der Waals surface area contributed by atoms with Crippen molar-refractivity contribution in [2.75, 3.05) is 66.6 Å². The Balaban J connectivity index is 0.00000320. The highest BCUT2D eigenvalue weighted by Crippen LogP contribution is 2.17. The summed E-state index contributed by atoms with van der Waals surface area (Å²) in [5.41, 5.74) is 2.67. The summed E-state index contributed by atoms with van der Waals surface area (Å²) < 4.78 is 5.33. The van der Waals surface area contributed by atoms with Crippen LogP contribution in [0.1, 0.15) is 30.9 Å². The van der Waals surface area contributed by atoms with Gasteiger partial charge in [-0.05, 0) is 51.0 Å². The van der Waals surface area contributed by atoms with Crippen LogP contribution in [0.25, 0.3) is 0 Å². The number of benzene rings is 1. The van der Waals surface area contributed by atoms with E-state index in [-0.39, 0.29) is 24.0 Å². The third-order valence-corrected chi connectivity index (χ3v) is 5.98. The van der Waals surface area contributed by atoms with Gasteiger partial charge in [-0.2, -0.15) is 0 Å². The van der Waals surface area contributed by atoms with Crippen LogP contribution in [0.2, 0.25) is 0 Å². The maximum atomic E-state index is 5.33. The molecule has 2 saturated heterocycles. The number of ether oxygens (including phenoxy) is 1. The second-order valence-corrected chi connectivity index (χ2v) is 8.48. The molecule has 7 heteroatoms. The molecule has 0 aromatic heterocycles. The Hall–Kier alpha value is -0.900. The Bertz CT molecular complexity index is 639. The monoisotopic (exact) mass is 529 g/mol. The minimum absolute atomic E-state index is 0. The van der Waals surface area contributed by atoms with Crippen LogP contribution < -0.4 is 5.32 Å². The molecule has 1 aromatic rings. The lowest BCUT2D eigenvalue weighted by molar-refractivity contribution is 0.157. The highest BCUT2D eigenvalue weighted by atomic mass is 127. The molecular weight excluding hydrogens is 489 g/mol. The third-order valence-electron chi connectivity index (χ3n) is 5.98. The number of nitrogens with zero attached hydrogens (tertiary/aromatic N) is 4. The van der Waals surface area contributed by atoms with Crippen molar-refractivity contribution in [3.63, 3.8) is 0 Å². The lowest BCUT2D eigenvalue weighted by Gasteiger charge is -2.22. The van der Waals surface area contributed by atoms with Gasteiger partial charge in [0.2, 0.25) is 0 Å². The molecule has 170 valence electrons. The first-order valence-electron chi connectivity index (χ1n) is 11.2. The van der Waals surface area contributed by atoms with E-state index < -0.39 is 0 Å². The molecule has 1 aromatic carbocycles. The molecule has 0 amide bonds. The van der Waals surface area contributed by atoms with Gasteiger partial charge in [-0.3, -0.25) is 4.90 Å². The van der Waals surface area contributed by atoms with Gasteiger partial charge in [-0.1, -0.05) is 24.3 Å². The van der Waals surface area contributed by atoms with Gasteiger partial charge in [0.1, 0.15) is 0 Å². The summed E-state index contributed by atoms with van der Waals surface area (Å²) in [7, 11) is 4.01. The zero-order chi connectivity index (χ0) is 20.5. The topological polar surface area (TPSA) is 43.3 Å². The number of methoxy groups -OCH3 is 1. The Labute approximate surface area is 200 Å². The SMILES string of the molecule is CCNC(=NCc1ccc(CN2CCCN(C)CC2)cc1)N1CCC(COC)C1.I. The molecule has 0 bridgehead atoms. The normalized spacial score (nSPS) is 21.4. The summed E-state index contributed by atoms with van der Waals surface area (Å²) >= 11 is 0. The molecule has 0 saturated carbocycles. The van der Waals surface area contributed by atoms with E-state index in [1.807, 2.05) is 0 Å². The fourth-order valence-corrected chi connectivity index (χ4v) is 4.26. The van der Waals surface area contributed by atoms with Crippen molar-refractivity contribution in [2.24, 2.45) is 10.9 Å². The van der Waals surface area contributed by atoms with Gasteiger partial charge in [-0.25, -0.2) is 4.99 Å². The first-order chi connectivity index (χ1) is 14.2. The molecule has 2 aliphatic rings. The summed E-state index contributed by atoms with van der Waals surface area (Å²) in [5, 5.41) is 3.46. The van der Waals surface area contributed by atoms with Gasteiger partial charge >= 0.3 is 0 Å². The number of likely N-dealkylation sites (tertiary alicyclic amines) is 1. The number of halogens is 1. The molecule has 1 atom stereocenters. The predicted molar refractivity (Wildman–Crippen MR) is 136 cm³/mol. The van der Waals surface area contributed by atoms with Gasteiger partial charge in [0.25, 0.3) is 0 Å². The van der Waals surface area contributed by atoms with Crippen molar-refractivity contribution in [3.05, 3.63) is 35.4 Å². The molecule has 2 fully saturated rings. The van der Waals surface area contributed by atoms with Crippen LogP contribution in [0.5, 0.6) is 0 Å². The summed E-state index contributed by atoms with van der Waals surface area (Å²) in [5.74, 6) is 1.64. The smallest absolute Gasteiger partial charge is 0.194 e. The van der Waals surface area contributed by atoms with Crippen molar-refractivity contribution in [2.45, 2.75) is 32.9 Å². The van der Waals surface area contributed by atoms with E-state index in [2.05, 4.69) is 58.3 Å². The largest absolute Gasteiger partial charge is 0.384 e. The van der Waals surface area contributed by atoms with E-state index in [0.717, 1.165) is 51.8 Å². The minimum atomic E-state index is 0. The average molecular weight is 530 g/mol. The van der Waals surface area contributed by atoms with Crippen molar-refractivity contribution in [3.8, 4) is 0 Å². The molecule has 0 aliphatic carbocycles. The van der Waals surface area contributed by atoms with Crippen LogP contribution in [-0.2, 0) is 17.8 Å². The number of nitrogens with one attached hydrogen (secondary N) is 1. The van der Waals surface area contributed by atoms with E-state index in [1.54, 1.807) is 7.11 Å². The van der Waals surface area contributed by atoms with Crippen LogP contribution >= 0.6 is 24.0 Å². The highest BCUT2D eigenvalue weighted by molar-refractivity contribution is 14.0. The van der Waals surface area contributed by atoms with Crippen LogP contribution in [0.15, 0.2) is 29.3 Å². The molecule has 3 rings (SSSR count). The number of rotatable bonds is 7. The Morgan fingerprint density at radius 2 is 1.87 bits per heavy atom. The van der Waals surface area contributed by atoms with E-state index >= 15 is 0 Å². The van der Waals surface area contributed by atoms with E-state index in [4.69, 9.17) is 9.73 Å². The maximum absolute atomic E-state index is 5.33. The molecule has 30 heavy (non-hydrogen) atoms. The molecule has 2 aliphatic heterocycles. The Kier molecular flexibility index (Phi) is 11.4. The number of aliphatic imine (C=N–C) groups is 1. The van der Waals surface area contributed by atoms with Gasteiger partial charge in [0.05, 0.1) is 13.2 Å². The zero-order valence-corrected chi connectivity index (χ0v) is 21.3. The van der Waals surface area contributed by atoms with Crippen molar-refractivity contribution < 1.29 is 4.74 Å². The lowest BCUT2D eigenvalue weighted by Crippen LogP contribution is -2.40. The van der Waals surface area contributed by atoms with Crippen LogP contribution in [-0.4, -0.2) is 87.2 Å². The minimum Gasteiger partial charge on any atom is -0.384 e. The summed E-state index contributed by atoms with van der Waals surface area (Å²) in [6.07, 6.45) is 2.44. The first-order valence-corrected chi connectivity index (χ1v) is 11.2. The molecule has 1 unspecified atom stereocenters. The molecule has 0 radical (unpaired) electrons. The molecule has 6 nitrogen and oxygen atoms in total. The van der Waals surface area contributed by atoms with E-state index in [1.165, 1.54) is 43.6 Å². The number of guanidine groups is 1. The van der Waals surface area contributed by atoms with E-state index in [9.17, 15) is 0 Å². The van der Waals surface area contributed by atoms with Crippen LogP contribution in [0.4, 0.5) is 0 Å². The second kappa shape index (κ2) is 13.5. The first kappa shape index (κ1) is 25.4. The lowest BCUT2D eigenvalue weighted by atomic mass is 10.1. The average Bonchev–Trinajstić information content (AvgIpc) is 3.09. The molecular formula is C23H40IN5O. The van der Waals surface area contributed by atoms with Crippen LogP contribution in [0.3, 0.4) is 0 Å². The van der Waals surface area contributed by atoms with Gasteiger partial charge < -0.3 is 19.9 Å². The summed E-state index contributed by atoms with van der Waals surface area (Å²) in [4.78, 5) is 12.3. The fourth-order valence-electron chi connectivity index (χ4n) is 4.26. The maximum Gasteiger partial charge on any atom is 0.194 e. The number of hydrogen-bond acceptors (Lipinski definition) is 4. The van der Waals surface area contributed by atoms with Gasteiger partial charge in [0.15, 0.2) is 5.96 Å². The fraction of sp³-hybridized carbons (Fsp3) is 0.696. The van der Waals surface area contributed by atoms with E-state index in [0.29, 0.717) is 5.92 Å². The highest BCUT2D eigenvalue weighted by Gasteiger charge is 2.24. The third kappa shape index (κ3) is 7.98. The van der Waals surface area contributed by atoms with Gasteiger partial charge in [-0.15, -0.1) is 24.0 Å². The summed E-state index contributed by atoms with van der Waals surface area (Å²) in [6, 6.07) is 9.03. The second-order valence-electron chi connectivity index (χ2n) is 8.48. The zero-order valence-electron chi connectivity index (χ0n) is 19.0. The standard InChI is InChI=1S/C23H39N5O.HI/c1-4-24-23(28-13-10-22(18-28)19-29-3)25-16-20-6-8-21(9-7-20)17-27-12-5-11-26(2)14-15-27;/h6-9,22H,4-5,10-19H2,1-3H3,(H,24,25);1H. The summed E-state index contributed by atoms with van der Waals surface area (Å²) in [6.45, 7) is 12.5. The van der Waals surface area contributed by atoms with Crippen molar-refractivity contribution in [1.29, 1.82) is 0 Å². The van der Waals surface area contributed by atoms with Gasteiger partial charge in [0, 0.05) is 52.3 Å². The molecule has 2 heterocycles. The molecule has 0 spiro atoms. The van der Waals surface area contributed by atoms with Crippen LogP contribution in [0, 0.1) is 5.92 Å². The van der Waals surface area contributed by atoms with Crippen molar-refractivity contribution >= 4 is 29.9 Å². The number of likely N-dealkylation sites (N-methyl/N-ethyl adjacent to an activating group) is 1.